The van der Waals surface area contributed by atoms with E-state index in [1.807, 2.05) is 0 Å². The summed E-state index contributed by atoms with van der Waals surface area (Å²) in [4.78, 5) is 0. The third-order valence-electron chi connectivity index (χ3n) is 0.658. The zero-order valence-corrected chi connectivity index (χ0v) is 21.6. The third-order valence-corrected chi connectivity index (χ3v) is 0.658. The molecular formula is C4H9N4W5-. The zero-order chi connectivity index (χ0) is 6.24. The van der Waals surface area contributed by atoms with Crippen molar-refractivity contribution >= 4 is 0 Å². The molecule has 0 unspecified atom stereocenters. The molecule has 76 valence electrons. The van der Waals surface area contributed by atoms with E-state index < -0.39 is 0 Å². The van der Waals surface area contributed by atoms with Crippen LogP contribution in [-0.2, 0) is 105 Å². The maximum Gasteiger partial charge on any atom is 0.0615 e. The molecule has 0 spiro atoms. The summed E-state index contributed by atoms with van der Waals surface area (Å²) >= 11 is 0. The van der Waals surface area contributed by atoms with Crippen LogP contribution < -0.4 is 0 Å². The van der Waals surface area contributed by atoms with Crippen LogP contribution in [0.25, 0.3) is 5.53 Å². The van der Waals surface area contributed by atoms with E-state index in [0.29, 0.717) is 13.1 Å². The number of nitrogens with zero attached hydrogens (tertiary/aromatic N) is 4. The maximum absolute atomic E-state index is 7.92. The maximum atomic E-state index is 7.92. The minimum absolute atomic E-state index is 0. The molecule has 0 amide bonds. The van der Waals surface area contributed by atoms with Gasteiger partial charge in [-0.25, -0.2) is 0 Å². The molecule has 0 heterocycles. The van der Waals surface area contributed by atoms with Gasteiger partial charge in [-0.3, -0.25) is 0 Å². The van der Waals surface area contributed by atoms with Crippen LogP contribution in [-0.4, -0.2) is 20.1 Å². The van der Waals surface area contributed by atoms with Gasteiger partial charge in [-0.1, -0.05) is 0 Å². The number of rotatable bonds is 4. The van der Waals surface area contributed by atoms with Crippen LogP contribution in [0.2, 0.25) is 0 Å². The van der Waals surface area contributed by atoms with E-state index >= 15 is 0 Å². The Labute approximate surface area is 150 Å². The molecule has 0 aliphatic rings. The smallest absolute Gasteiger partial charge is 0.0615 e. The van der Waals surface area contributed by atoms with Gasteiger partial charge in [0.1, 0.15) is 0 Å². The summed E-state index contributed by atoms with van der Waals surface area (Å²) in [6, 6.07) is 0. The molecule has 0 atom stereocenters. The van der Waals surface area contributed by atoms with Crippen molar-refractivity contribution in [2.24, 2.45) is 15.3 Å². The van der Waals surface area contributed by atoms with E-state index in [1.54, 1.807) is 7.05 Å². The predicted molar refractivity (Wildman–Crippen MR) is 30.9 cm³/mol. The Bertz CT molecular complexity index is 90.6. The molecule has 0 aromatic carbocycles. The zero-order valence-electron chi connectivity index (χ0n) is 6.95. The topological polar surface area (TPSA) is 59.4 Å². The minimum Gasteiger partial charge on any atom is -0.712 e. The predicted octanol–water partition coefficient (Wildman–Crippen LogP) is 1.47. The van der Waals surface area contributed by atoms with Crippen LogP contribution in [0.1, 0.15) is 6.42 Å². The van der Waals surface area contributed by atoms with Crippen molar-refractivity contribution in [3.63, 3.8) is 0 Å². The Hall–Kier alpha value is 2.64. The molecular weight excluding hydrogens is 1020 g/mol. The molecule has 0 aromatic heterocycles. The summed E-state index contributed by atoms with van der Waals surface area (Å²) in [6.07, 6.45) is 0.772. The van der Waals surface area contributed by atoms with E-state index in [0.717, 1.165) is 6.42 Å². The molecule has 4 nitrogen and oxygen atoms in total. The largest absolute Gasteiger partial charge is 0.712 e. The van der Waals surface area contributed by atoms with Crippen molar-refractivity contribution in [2.45, 2.75) is 6.42 Å². The van der Waals surface area contributed by atoms with E-state index in [4.69, 9.17) is 5.53 Å². The summed E-state index contributed by atoms with van der Waals surface area (Å²) in [6.45, 7) is 1.11. The fraction of sp³-hybridized carbons (Fsp3) is 1.00. The second kappa shape index (κ2) is 36.5. The van der Waals surface area contributed by atoms with Gasteiger partial charge in [0.25, 0.3) is 0 Å². The van der Waals surface area contributed by atoms with Gasteiger partial charge in [-0.05, 0) is 6.42 Å². The summed E-state index contributed by atoms with van der Waals surface area (Å²) in [5, 5.41) is 10.1. The molecule has 0 aromatic rings. The molecule has 9 heteroatoms. The second-order valence-corrected chi connectivity index (χ2v) is 1.28. The molecule has 0 saturated carbocycles. The van der Waals surface area contributed by atoms with Gasteiger partial charge in [0.05, 0.1) is 6.54 Å². The van der Waals surface area contributed by atoms with E-state index in [9.17, 15) is 0 Å². The average Bonchev–Trinajstić information content (AvgIpc) is 1.81. The number of hydrogen-bond donors (Lipinski definition) is 0. The molecule has 0 saturated heterocycles. The first-order valence-electron chi connectivity index (χ1n) is 2.48. The first-order chi connectivity index (χ1) is 3.91. The van der Waals surface area contributed by atoms with Crippen molar-refractivity contribution < 1.29 is 105 Å². The fourth-order valence-corrected chi connectivity index (χ4v) is 0.312. The van der Waals surface area contributed by atoms with E-state index in [-0.39, 0.29) is 105 Å². The quantitative estimate of drug-likeness (QED) is 0.303. The Morgan fingerprint density at radius 3 is 1.69 bits per heavy atom. The monoisotopic (exact) mass is 1030 g/mol. The SMILES string of the molecule is CN=NCCCN=[N-].[W].[W].[W].[W].[W]. The number of azo groups is 1. The van der Waals surface area contributed by atoms with Crippen molar-refractivity contribution in [3.05, 3.63) is 5.53 Å². The van der Waals surface area contributed by atoms with Crippen molar-refractivity contribution in [1.82, 2.24) is 0 Å². The molecule has 0 rings (SSSR count). The minimum atomic E-state index is 0. The molecule has 0 aliphatic carbocycles. The third kappa shape index (κ3) is 40.1. The summed E-state index contributed by atoms with van der Waals surface area (Å²) in [7, 11) is 1.62. The first kappa shape index (κ1) is 36.1. The van der Waals surface area contributed by atoms with Gasteiger partial charge in [-0.2, -0.15) is 10.2 Å². The molecule has 0 fully saturated rings. The van der Waals surface area contributed by atoms with Crippen molar-refractivity contribution in [2.75, 3.05) is 20.1 Å². The van der Waals surface area contributed by atoms with Gasteiger partial charge >= 0.3 is 0 Å². The fourth-order valence-electron chi connectivity index (χ4n) is 0.312. The Balaban J connectivity index is -0.0000000245. The van der Waals surface area contributed by atoms with Crippen LogP contribution in [0.15, 0.2) is 15.3 Å². The van der Waals surface area contributed by atoms with Crippen LogP contribution in [0, 0.1) is 0 Å². The van der Waals surface area contributed by atoms with E-state index in [1.165, 1.54) is 0 Å². The normalized spacial score (nSPS) is 6.23. The van der Waals surface area contributed by atoms with Crippen LogP contribution >= 0.6 is 0 Å². The molecule has 13 heavy (non-hydrogen) atoms. The summed E-state index contributed by atoms with van der Waals surface area (Å²) in [5.74, 6) is 0. The van der Waals surface area contributed by atoms with Gasteiger partial charge in [0.15, 0.2) is 0 Å². The molecule has 0 bridgehead atoms. The molecule has 0 N–H and O–H groups in total. The Morgan fingerprint density at radius 2 is 1.38 bits per heavy atom. The van der Waals surface area contributed by atoms with Gasteiger partial charge in [0.2, 0.25) is 0 Å². The van der Waals surface area contributed by atoms with Crippen molar-refractivity contribution in [3.8, 4) is 0 Å². The van der Waals surface area contributed by atoms with Gasteiger partial charge < -0.3 is 10.6 Å². The Kier molecular flexibility index (Phi) is 101. The Morgan fingerprint density at radius 1 is 0.923 bits per heavy atom. The van der Waals surface area contributed by atoms with Crippen molar-refractivity contribution in [1.29, 1.82) is 0 Å². The molecule has 0 radical (unpaired) electrons. The summed E-state index contributed by atoms with van der Waals surface area (Å²) < 4.78 is 0. The van der Waals surface area contributed by atoms with Crippen LogP contribution in [0.5, 0.6) is 0 Å². The average molecular weight is 1030 g/mol. The van der Waals surface area contributed by atoms with Crippen LogP contribution in [0.4, 0.5) is 0 Å². The standard InChI is InChI=1S/C4H9N4.5W/c1-6-8-4-2-3-7-5;;;;;/h2-4H2,1H3;;;;;/q-1;;;;;. The second-order valence-electron chi connectivity index (χ2n) is 1.28. The summed E-state index contributed by atoms with van der Waals surface area (Å²) in [5.41, 5.74) is 7.92. The first-order valence-corrected chi connectivity index (χ1v) is 2.48. The number of hydrogen-bond acceptors (Lipinski definition) is 3. The molecule has 0 aliphatic heterocycles. The van der Waals surface area contributed by atoms with Gasteiger partial charge in [-0.15, -0.1) is 0 Å². The van der Waals surface area contributed by atoms with Gasteiger partial charge in [0, 0.05) is 119 Å². The van der Waals surface area contributed by atoms with E-state index in [2.05, 4.69) is 15.3 Å². The van der Waals surface area contributed by atoms with Crippen LogP contribution in [0.3, 0.4) is 0 Å².